The van der Waals surface area contributed by atoms with Gasteiger partial charge in [-0.2, -0.15) is 0 Å². The minimum Gasteiger partial charge on any atom is -0.497 e. The Balaban J connectivity index is 1.66. The molecule has 2 N–H and O–H groups in total. The zero-order valence-electron chi connectivity index (χ0n) is 13.7. The van der Waals surface area contributed by atoms with E-state index < -0.39 is 0 Å². The summed E-state index contributed by atoms with van der Waals surface area (Å²) in [6.45, 7) is 0. The summed E-state index contributed by atoms with van der Waals surface area (Å²) < 4.78 is 5.22. The largest absolute Gasteiger partial charge is 0.497 e. The number of amides is 1. The molecule has 1 aliphatic heterocycles. The fourth-order valence-corrected chi connectivity index (χ4v) is 3.99. The first-order valence-electron chi connectivity index (χ1n) is 7.99. The maximum Gasteiger partial charge on any atom is 0.226 e. The lowest BCUT2D eigenvalue weighted by Crippen LogP contribution is -2.22. The average Bonchev–Trinajstić information content (AvgIpc) is 3.04. The summed E-state index contributed by atoms with van der Waals surface area (Å²) in [6.07, 6.45) is 0.423. The Labute approximate surface area is 149 Å². The summed E-state index contributed by atoms with van der Waals surface area (Å²) in [5.41, 5.74) is 2.06. The Kier molecular flexibility index (Phi) is 4.11. The third-order valence-corrected chi connectivity index (χ3v) is 5.24. The number of methoxy groups -OCH3 is 1. The Morgan fingerprint density at radius 2 is 1.92 bits per heavy atom. The van der Waals surface area contributed by atoms with Crippen molar-refractivity contribution < 1.29 is 9.53 Å². The minimum atomic E-state index is -0.00937. The quantitative estimate of drug-likeness (QED) is 0.733. The van der Waals surface area contributed by atoms with Gasteiger partial charge in [-0.1, -0.05) is 41.7 Å². The summed E-state index contributed by atoms with van der Waals surface area (Å²) in [5.74, 6) is 1.46. The summed E-state index contributed by atoms with van der Waals surface area (Å²) >= 11 is 1.58. The molecule has 25 heavy (non-hydrogen) atoms. The second-order valence-electron chi connectivity index (χ2n) is 5.80. The molecule has 0 bridgehead atoms. The number of fused-ring (bicyclic) bond motifs is 1. The molecule has 0 fully saturated rings. The number of rotatable bonds is 4. The van der Waals surface area contributed by atoms with Crippen LogP contribution in [-0.4, -0.2) is 18.0 Å². The Hall–Kier alpha value is -2.86. The second kappa shape index (κ2) is 6.57. The van der Waals surface area contributed by atoms with E-state index in [1.807, 2.05) is 54.6 Å². The van der Waals surface area contributed by atoms with Crippen molar-refractivity contribution in [2.45, 2.75) is 12.3 Å². The lowest BCUT2D eigenvalue weighted by atomic mass is 9.91. The van der Waals surface area contributed by atoms with Gasteiger partial charge in [0.15, 0.2) is 5.13 Å². The SMILES string of the molecule is COc1ccc([C@@H]2CC(=O)Nc3nc(Nc4ccccc4)sc32)cc1. The van der Waals surface area contributed by atoms with E-state index in [0.717, 1.165) is 27.0 Å². The van der Waals surface area contributed by atoms with Crippen molar-refractivity contribution in [2.24, 2.45) is 0 Å². The molecule has 3 aromatic rings. The summed E-state index contributed by atoms with van der Waals surface area (Å²) in [6, 6.07) is 17.7. The topological polar surface area (TPSA) is 63.2 Å². The first-order chi connectivity index (χ1) is 12.2. The highest BCUT2D eigenvalue weighted by molar-refractivity contribution is 7.16. The van der Waals surface area contributed by atoms with Gasteiger partial charge < -0.3 is 15.4 Å². The number of nitrogens with zero attached hydrogens (tertiary/aromatic N) is 1. The van der Waals surface area contributed by atoms with Crippen LogP contribution in [0.3, 0.4) is 0 Å². The molecule has 0 aliphatic carbocycles. The van der Waals surface area contributed by atoms with Crippen molar-refractivity contribution in [3.63, 3.8) is 0 Å². The van der Waals surface area contributed by atoms with Gasteiger partial charge in [0.1, 0.15) is 11.6 Å². The molecule has 0 saturated carbocycles. The Bertz CT molecular complexity index is 891. The fraction of sp³-hybridized carbons (Fsp3) is 0.158. The Morgan fingerprint density at radius 1 is 1.16 bits per heavy atom. The third kappa shape index (κ3) is 3.21. The molecule has 0 saturated heterocycles. The number of aromatic nitrogens is 1. The molecule has 1 amide bonds. The number of ether oxygens (including phenoxy) is 1. The molecule has 0 radical (unpaired) electrons. The molecule has 2 aromatic carbocycles. The smallest absolute Gasteiger partial charge is 0.226 e. The highest BCUT2D eigenvalue weighted by Crippen LogP contribution is 2.43. The van der Waals surface area contributed by atoms with Crippen LogP contribution in [0, 0.1) is 0 Å². The second-order valence-corrected chi connectivity index (χ2v) is 6.83. The van der Waals surface area contributed by atoms with Crippen molar-refractivity contribution in [3.8, 4) is 5.75 Å². The van der Waals surface area contributed by atoms with E-state index in [4.69, 9.17) is 4.74 Å². The zero-order chi connectivity index (χ0) is 17.2. The molecule has 0 unspecified atom stereocenters. The molecule has 6 heteroatoms. The molecular formula is C19H17N3O2S. The van der Waals surface area contributed by atoms with Crippen LogP contribution in [0.25, 0.3) is 0 Å². The van der Waals surface area contributed by atoms with E-state index in [9.17, 15) is 4.79 Å². The number of thiazole rings is 1. The predicted octanol–water partition coefficient (Wildman–Crippen LogP) is 4.37. The van der Waals surface area contributed by atoms with E-state index in [-0.39, 0.29) is 11.8 Å². The van der Waals surface area contributed by atoms with Crippen molar-refractivity contribution in [1.29, 1.82) is 0 Å². The maximum atomic E-state index is 12.1. The van der Waals surface area contributed by atoms with E-state index in [1.165, 1.54) is 0 Å². The number of benzene rings is 2. The van der Waals surface area contributed by atoms with Gasteiger partial charge in [-0.25, -0.2) is 4.98 Å². The van der Waals surface area contributed by atoms with Crippen molar-refractivity contribution >= 4 is 33.9 Å². The number of nitrogens with one attached hydrogen (secondary N) is 2. The molecule has 4 rings (SSSR count). The molecular weight excluding hydrogens is 334 g/mol. The number of hydrogen-bond acceptors (Lipinski definition) is 5. The van der Waals surface area contributed by atoms with Gasteiger partial charge in [0.05, 0.1) is 12.0 Å². The summed E-state index contributed by atoms with van der Waals surface area (Å²) in [4.78, 5) is 17.7. The Morgan fingerprint density at radius 3 is 2.64 bits per heavy atom. The first-order valence-corrected chi connectivity index (χ1v) is 8.81. The first kappa shape index (κ1) is 15.7. The highest BCUT2D eigenvalue weighted by atomic mass is 32.1. The van der Waals surface area contributed by atoms with Crippen LogP contribution < -0.4 is 15.4 Å². The van der Waals surface area contributed by atoms with Gasteiger partial charge in [0, 0.05) is 18.0 Å². The predicted molar refractivity (Wildman–Crippen MR) is 99.9 cm³/mol. The van der Waals surface area contributed by atoms with Gasteiger partial charge in [-0.15, -0.1) is 0 Å². The zero-order valence-corrected chi connectivity index (χ0v) is 14.5. The van der Waals surface area contributed by atoms with Crippen LogP contribution in [0.5, 0.6) is 5.75 Å². The normalized spacial score (nSPS) is 16.0. The highest BCUT2D eigenvalue weighted by Gasteiger charge is 2.30. The van der Waals surface area contributed by atoms with Crippen LogP contribution in [0.4, 0.5) is 16.6 Å². The van der Waals surface area contributed by atoms with Crippen LogP contribution >= 0.6 is 11.3 Å². The van der Waals surface area contributed by atoms with Gasteiger partial charge >= 0.3 is 0 Å². The van der Waals surface area contributed by atoms with Gasteiger partial charge in [0.25, 0.3) is 0 Å². The van der Waals surface area contributed by atoms with Crippen LogP contribution in [0.1, 0.15) is 22.8 Å². The number of anilines is 3. The van der Waals surface area contributed by atoms with E-state index in [1.54, 1.807) is 18.4 Å². The number of hydrogen-bond donors (Lipinski definition) is 2. The number of para-hydroxylation sites is 1. The van der Waals surface area contributed by atoms with Crippen LogP contribution in [-0.2, 0) is 4.79 Å². The molecule has 0 spiro atoms. The fourth-order valence-electron chi connectivity index (χ4n) is 2.92. The van der Waals surface area contributed by atoms with E-state index >= 15 is 0 Å². The number of carbonyl (C=O) groups is 1. The minimum absolute atomic E-state index is 0.00937. The van der Waals surface area contributed by atoms with Gasteiger partial charge in [-0.3, -0.25) is 4.79 Å². The molecule has 2 heterocycles. The molecule has 1 atom stereocenters. The summed E-state index contributed by atoms with van der Waals surface area (Å²) in [7, 11) is 1.64. The molecule has 1 aromatic heterocycles. The van der Waals surface area contributed by atoms with Gasteiger partial charge in [0.2, 0.25) is 5.91 Å². The summed E-state index contributed by atoms with van der Waals surface area (Å²) in [5, 5.41) is 6.96. The molecule has 1 aliphatic rings. The van der Waals surface area contributed by atoms with Gasteiger partial charge in [-0.05, 0) is 29.8 Å². The standard InChI is InChI=1S/C19H17N3O2S/c1-24-14-9-7-12(8-10-14)15-11-16(23)21-18-17(15)25-19(22-18)20-13-5-3-2-4-6-13/h2-10,15H,11H2,1H3,(H,20,22)(H,21,23)/t15-/m0/s1. The lowest BCUT2D eigenvalue weighted by Gasteiger charge is -2.21. The number of carbonyl (C=O) groups excluding carboxylic acids is 1. The monoisotopic (exact) mass is 351 g/mol. The lowest BCUT2D eigenvalue weighted by molar-refractivity contribution is -0.116. The van der Waals surface area contributed by atoms with E-state index in [2.05, 4.69) is 15.6 Å². The van der Waals surface area contributed by atoms with Crippen molar-refractivity contribution in [3.05, 3.63) is 65.0 Å². The van der Waals surface area contributed by atoms with Crippen LogP contribution in [0.15, 0.2) is 54.6 Å². The average molecular weight is 351 g/mol. The third-order valence-electron chi connectivity index (χ3n) is 4.16. The van der Waals surface area contributed by atoms with E-state index in [0.29, 0.717) is 12.2 Å². The maximum absolute atomic E-state index is 12.1. The molecule has 126 valence electrons. The van der Waals surface area contributed by atoms with Crippen LogP contribution in [0.2, 0.25) is 0 Å². The van der Waals surface area contributed by atoms with Crippen molar-refractivity contribution in [2.75, 3.05) is 17.7 Å². The van der Waals surface area contributed by atoms with Crippen molar-refractivity contribution in [1.82, 2.24) is 4.98 Å². The molecule has 5 nitrogen and oxygen atoms in total.